The summed E-state index contributed by atoms with van der Waals surface area (Å²) in [7, 11) is 0. The van der Waals surface area contributed by atoms with Crippen LogP contribution in [0.1, 0.15) is 0 Å². The van der Waals surface area contributed by atoms with Gasteiger partial charge in [0.2, 0.25) is 0 Å². The van der Waals surface area contributed by atoms with E-state index in [9.17, 15) is 4.79 Å². The Morgan fingerprint density at radius 2 is 2.36 bits per heavy atom. The van der Waals surface area contributed by atoms with Crippen LogP contribution in [0.25, 0.3) is 0 Å². The topological polar surface area (TPSA) is 52.9 Å². The van der Waals surface area contributed by atoms with E-state index in [0.717, 1.165) is 3.58 Å². The average molecular weight is 298 g/mol. The van der Waals surface area contributed by atoms with Crippen LogP contribution in [0.5, 0.6) is 0 Å². The second-order valence-corrected chi connectivity index (χ2v) is 4.41. The fraction of sp³-hybridized carbons (Fsp3) is 0.200. The molecule has 0 aromatic heterocycles. The normalized spacial score (nSPS) is 29.6. The van der Waals surface area contributed by atoms with E-state index in [-0.39, 0.29) is 23.3 Å². The molecule has 2 rings (SSSR count). The third kappa shape index (κ3) is 1.48. The predicted molar refractivity (Wildman–Crippen MR) is 60.4 cm³/mol. The summed E-state index contributed by atoms with van der Waals surface area (Å²) in [5.74, 6) is -0.304. The standard InChI is InChI=1S/C10H7IN2O/c11-7-1-2-9-8(3-7)10(14)6(4-12)5-13-9/h1-3,5,8-9,13H. The van der Waals surface area contributed by atoms with Crippen molar-refractivity contribution in [2.75, 3.05) is 0 Å². The zero-order valence-corrected chi connectivity index (χ0v) is 9.36. The maximum absolute atomic E-state index is 11.7. The van der Waals surface area contributed by atoms with E-state index < -0.39 is 0 Å². The summed E-state index contributed by atoms with van der Waals surface area (Å²) in [5, 5.41) is 11.7. The lowest BCUT2D eigenvalue weighted by atomic mass is 9.86. The molecule has 1 aliphatic heterocycles. The molecule has 0 fully saturated rings. The van der Waals surface area contributed by atoms with Crippen LogP contribution in [0.15, 0.2) is 33.6 Å². The Morgan fingerprint density at radius 1 is 1.57 bits per heavy atom. The van der Waals surface area contributed by atoms with Crippen LogP contribution in [0, 0.1) is 17.2 Å². The summed E-state index contributed by atoms with van der Waals surface area (Å²) in [4.78, 5) is 11.7. The Balaban J connectivity index is 2.36. The number of fused-ring (bicyclic) bond motifs is 1. The van der Waals surface area contributed by atoms with Gasteiger partial charge in [0.25, 0.3) is 0 Å². The fourth-order valence-electron chi connectivity index (χ4n) is 1.56. The highest BCUT2D eigenvalue weighted by Crippen LogP contribution is 2.26. The van der Waals surface area contributed by atoms with E-state index in [2.05, 4.69) is 27.9 Å². The number of hydrogen-bond acceptors (Lipinski definition) is 3. The molecule has 0 aromatic rings. The molecule has 1 N–H and O–H groups in total. The van der Waals surface area contributed by atoms with Crippen molar-refractivity contribution in [1.82, 2.24) is 5.32 Å². The van der Waals surface area contributed by atoms with Crippen molar-refractivity contribution < 1.29 is 4.79 Å². The largest absolute Gasteiger partial charge is 0.382 e. The van der Waals surface area contributed by atoms with Crippen molar-refractivity contribution in [2.24, 2.45) is 5.92 Å². The Morgan fingerprint density at radius 3 is 3.07 bits per heavy atom. The van der Waals surface area contributed by atoms with Crippen molar-refractivity contribution in [3.63, 3.8) is 0 Å². The maximum Gasteiger partial charge on any atom is 0.184 e. The number of nitrogens with one attached hydrogen (secondary N) is 1. The predicted octanol–water partition coefficient (Wildman–Crippen LogP) is 1.44. The molecule has 2 atom stereocenters. The summed E-state index contributed by atoms with van der Waals surface area (Å²) < 4.78 is 1.04. The first-order chi connectivity index (χ1) is 6.72. The number of ketones is 1. The SMILES string of the molecule is N#CC1=CNC2C=CC(I)=CC2C1=O. The number of halogens is 1. The van der Waals surface area contributed by atoms with Gasteiger partial charge in [0, 0.05) is 9.78 Å². The van der Waals surface area contributed by atoms with Crippen molar-refractivity contribution in [2.45, 2.75) is 6.04 Å². The number of Topliss-reactive ketones (excluding diaryl/α,β-unsaturated/α-hetero) is 1. The Bertz CT molecular complexity index is 414. The monoisotopic (exact) mass is 298 g/mol. The number of nitrogens with zero attached hydrogens (tertiary/aromatic N) is 1. The van der Waals surface area contributed by atoms with Gasteiger partial charge >= 0.3 is 0 Å². The van der Waals surface area contributed by atoms with E-state index in [1.165, 1.54) is 6.20 Å². The number of hydrogen-bond donors (Lipinski definition) is 1. The number of carbonyl (C=O) groups is 1. The van der Waals surface area contributed by atoms with E-state index in [1.807, 2.05) is 24.3 Å². The van der Waals surface area contributed by atoms with Crippen molar-refractivity contribution >= 4 is 28.4 Å². The summed E-state index contributed by atoms with van der Waals surface area (Å²) in [5.41, 5.74) is 0.210. The van der Waals surface area contributed by atoms with Gasteiger partial charge in [-0.15, -0.1) is 0 Å². The fourth-order valence-corrected chi connectivity index (χ4v) is 2.16. The van der Waals surface area contributed by atoms with Crippen LogP contribution in [0.3, 0.4) is 0 Å². The lowest BCUT2D eigenvalue weighted by molar-refractivity contribution is -0.118. The Kier molecular flexibility index (Phi) is 2.42. The number of carbonyl (C=O) groups excluding carboxylic acids is 1. The first-order valence-corrected chi connectivity index (χ1v) is 5.26. The van der Waals surface area contributed by atoms with Gasteiger partial charge in [-0.1, -0.05) is 18.2 Å². The minimum Gasteiger partial charge on any atom is -0.382 e. The molecule has 0 spiro atoms. The van der Waals surface area contributed by atoms with Gasteiger partial charge in [0.15, 0.2) is 5.78 Å². The second-order valence-electron chi connectivity index (χ2n) is 3.16. The van der Waals surface area contributed by atoms with Crippen molar-refractivity contribution in [3.05, 3.63) is 33.6 Å². The van der Waals surface area contributed by atoms with Gasteiger partial charge in [0.05, 0.1) is 12.0 Å². The van der Waals surface area contributed by atoms with Crippen LogP contribution >= 0.6 is 22.6 Å². The van der Waals surface area contributed by atoms with Crippen LogP contribution in [0.2, 0.25) is 0 Å². The first-order valence-electron chi connectivity index (χ1n) is 4.18. The first kappa shape index (κ1) is 9.46. The molecule has 3 nitrogen and oxygen atoms in total. The zero-order chi connectivity index (χ0) is 10.1. The molecule has 1 aliphatic carbocycles. The van der Waals surface area contributed by atoms with Gasteiger partial charge in [-0.25, -0.2) is 0 Å². The van der Waals surface area contributed by atoms with Gasteiger partial charge < -0.3 is 5.32 Å². The molecule has 2 unspecified atom stereocenters. The number of nitriles is 1. The van der Waals surface area contributed by atoms with Crippen LogP contribution < -0.4 is 5.32 Å². The molecule has 0 saturated heterocycles. The molecule has 4 heteroatoms. The van der Waals surface area contributed by atoms with Crippen molar-refractivity contribution in [1.29, 1.82) is 5.26 Å². The minimum atomic E-state index is -0.216. The molecule has 70 valence electrons. The van der Waals surface area contributed by atoms with Gasteiger partial charge in [-0.3, -0.25) is 4.79 Å². The molecule has 0 bridgehead atoms. The van der Waals surface area contributed by atoms with E-state index in [0.29, 0.717) is 0 Å². The lowest BCUT2D eigenvalue weighted by Crippen LogP contribution is -2.41. The number of rotatable bonds is 0. The molecule has 0 radical (unpaired) electrons. The van der Waals surface area contributed by atoms with Crippen LogP contribution in [0.4, 0.5) is 0 Å². The summed E-state index contributed by atoms with van der Waals surface area (Å²) >= 11 is 2.17. The van der Waals surface area contributed by atoms with Gasteiger partial charge in [-0.2, -0.15) is 5.26 Å². The van der Waals surface area contributed by atoms with E-state index in [1.54, 1.807) is 0 Å². The van der Waals surface area contributed by atoms with Crippen LogP contribution in [-0.4, -0.2) is 11.8 Å². The molecule has 1 heterocycles. The van der Waals surface area contributed by atoms with E-state index >= 15 is 0 Å². The van der Waals surface area contributed by atoms with E-state index in [4.69, 9.17) is 5.26 Å². The molecule has 0 amide bonds. The van der Waals surface area contributed by atoms with Crippen LogP contribution in [-0.2, 0) is 4.79 Å². The third-order valence-electron chi connectivity index (χ3n) is 2.30. The molecule has 2 aliphatic rings. The van der Waals surface area contributed by atoms with Gasteiger partial charge in [-0.05, 0) is 22.6 Å². The Labute approximate surface area is 95.3 Å². The van der Waals surface area contributed by atoms with Gasteiger partial charge in [0.1, 0.15) is 11.6 Å². The second kappa shape index (κ2) is 3.58. The quantitative estimate of drug-likeness (QED) is 0.689. The summed E-state index contributed by atoms with van der Waals surface area (Å²) in [6.07, 6.45) is 7.31. The zero-order valence-electron chi connectivity index (χ0n) is 7.20. The average Bonchev–Trinajstić information content (AvgIpc) is 2.20. The maximum atomic E-state index is 11.7. The Hall–Kier alpha value is -1.09. The third-order valence-corrected chi connectivity index (χ3v) is 3.02. The molecule has 0 aromatic carbocycles. The highest BCUT2D eigenvalue weighted by Gasteiger charge is 2.32. The molecular weight excluding hydrogens is 291 g/mol. The highest BCUT2D eigenvalue weighted by atomic mass is 127. The molecular formula is C10H7IN2O. The highest BCUT2D eigenvalue weighted by molar-refractivity contribution is 14.1. The smallest absolute Gasteiger partial charge is 0.184 e. The lowest BCUT2D eigenvalue weighted by Gasteiger charge is -2.27. The number of allylic oxidation sites excluding steroid dienone is 3. The molecule has 0 saturated carbocycles. The van der Waals surface area contributed by atoms with Crippen molar-refractivity contribution in [3.8, 4) is 6.07 Å². The molecule has 14 heavy (non-hydrogen) atoms. The minimum absolute atomic E-state index is 0.0121. The summed E-state index contributed by atoms with van der Waals surface area (Å²) in [6, 6.07) is 1.91. The summed E-state index contributed by atoms with van der Waals surface area (Å²) in [6.45, 7) is 0.